The molecule has 4 aliphatic heterocycles. The largest absolute Gasteiger partial charge is 0.496 e. The van der Waals surface area contributed by atoms with Crippen molar-refractivity contribution in [3.05, 3.63) is 340 Å². The smallest absolute Gasteiger partial charge is 0.134 e. The van der Waals surface area contributed by atoms with Crippen molar-refractivity contribution in [2.75, 3.05) is 6.61 Å². The summed E-state index contributed by atoms with van der Waals surface area (Å²) in [6, 6.07) is 64.0. The van der Waals surface area contributed by atoms with Crippen LogP contribution in [0.5, 0.6) is 11.5 Å². The predicted molar refractivity (Wildman–Crippen MR) is 656 cm³/mol. The molecule has 0 atom stereocenters. The molecule has 9 aromatic carbocycles. The molecular weight excluding hydrogens is 1750 g/mol. The fourth-order valence-corrected chi connectivity index (χ4v) is 11.9. The van der Waals surface area contributed by atoms with E-state index in [9.17, 15) is 0 Å². The zero-order valence-corrected chi connectivity index (χ0v) is 102. The number of aromatic nitrogens is 4. The molecule has 0 aliphatic carbocycles. The monoisotopic (exact) mass is 1970 g/mol. The summed E-state index contributed by atoms with van der Waals surface area (Å²) in [5.74, 6) is 2.01. The van der Waals surface area contributed by atoms with Crippen molar-refractivity contribution >= 4 is 60.4 Å². The van der Waals surface area contributed by atoms with E-state index in [-0.39, 0.29) is 0 Å². The third-order valence-electron chi connectivity index (χ3n) is 17.3. The van der Waals surface area contributed by atoms with Crippen molar-refractivity contribution in [1.29, 1.82) is 0 Å². The normalized spacial score (nSPS) is 9.99. The molecule has 4 aliphatic rings. The van der Waals surface area contributed by atoms with Crippen LogP contribution in [0.25, 0.3) is 60.4 Å². The van der Waals surface area contributed by atoms with E-state index in [4.69, 9.17) is 23.4 Å². The van der Waals surface area contributed by atoms with E-state index < -0.39 is 0 Å². The van der Waals surface area contributed by atoms with Gasteiger partial charge in [-0.1, -0.05) is 451 Å². The molecule has 9 heterocycles. The van der Waals surface area contributed by atoms with Crippen LogP contribution in [0.3, 0.4) is 0 Å². The SMILES string of the molecule is CC.CC.CC.CC.CC.CC.CC.CC.CC.CCC.CCC.CCC.CCC.CCC.CCC.CCC.CCC.CCC.Cc1ccc2c(c1)COC=C2.Cc1ccc2c(c1)COCC2.Cc1ccc2c(c1)OC=CC2.Cc1ccc2c(c1)OC=CC2.Cc1ccc2ccn(C)c2c1.Cc1ccc2ccn(C)c2c1.Cc1ccc2ccoc2c1.Cc1ccc2cn(C)cc2c1.Cc1ccc2cn(C)cc2c1. The lowest BCUT2D eigenvalue weighted by Gasteiger charge is -2.16. The van der Waals surface area contributed by atoms with Gasteiger partial charge >= 0.3 is 0 Å². The zero-order chi connectivity index (χ0) is 111. The van der Waals surface area contributed by atoms with Gasteiger partial charge < -0.3 is 41.6 Å². The summed E-state index contributed by atoms with van der Waals surface area (Å²) in [5.41, 5.74) is 23.2. The van der Waals surface area contributed by atoms with Gasteiger partial charge in [0.15, 0.2) is 0 Å². The maximum absolute atomic E-state index is 5.35. The van der Waals surface area contributed by atoms with E-state index >= 15 is 0 Å². The quantitative estimate of drug-likeness (QED) is 0.151. The van der Waals surface area contributed by atoms with Crippen molar-refractivity contribution in [2.24, 2.45) is 28.2 Å². The second-order valence-corrected chi connectivity index (χ2v) is 32.4. The van der Waals surface area contributed by atoms with E-state index in [1.165, 1.54) is 190 Å². The minimum atomic E-state index is 0.716. The lowest BCUT2D eigenvalue weighted by Crippen LogP contribution is -2.09. The van der Waals surface area contributed by atoms with Crippen molar-refractivity contribution in [3.63, 3.8) is 0 Å². The van der Waals surface area contributed by atoms with Crippen LogP contribution in [-0.2, 0) is 70.1 Å². The maximum Gasteiger partial charge on any atom is 0.134 e. The second-order valence-electron chi connectivity index (χ2n) is 32.4. The summed E-state index contributed by atoms with van der Waals surface area (Å²) in [6.07, 6.45) is 40.1. The van der Waals surface area contributed by atoms with E-state index in [1.807, 2.05) is 155 Å². The van der Waals surface area contributed by atoms with E-state index in [1.54, 1.807) is 25.0 Å². The Hall–Kier alpha value is -10.7. The molecule has 0 spiro atoms. The molecule has 0 radical (unpaired) electrons. The molecule has 143 heavy (non-hydrogen) atoms. The first kappa shape index (κ1) is 150. The Balaban J connectivity index is -0.000000192. The van der Waals surface area contributed by atoms with Crippen LogP contribution in [0.4, 0.5) is 0 Å². The Labute approximate surface area is 884 Å². The molecule has 0 fully saturated rings. The van der Waals surface area contributed by atoms with Gasteiger partial charge in [-0.05, 0) is 254 Å². The summed E-state index contributed by atoms with van der Waals surface area (Å²) >= 11 is 0. The maximum atomic E-state index is 5.35. The average molecular weight is 1970 g/mol. The number of benzene rings is 9. The minimum absolute atomic E-state index is 0.716. The number of hydrogen-bond acceptors (Lipinski definition) is 5. The van der Waals surface area contributed by atoms with Gasteiger partial charge in [-0.15, -0.1) is 0 Å². The molecule has 18 rings (SSSR count). The predicted octanol–water partition coefficient (Wildman–Crippen LogP) is 44.1. The van der Waals surface area contributed by atoms with E-state index in [2.05, 4.69) is 440 Å². The molecule has 806 valence electrons. The fourth-order valence-electron chi connectivity index (χ4n) is 11.9. The summed E-state index contributed by atoms with van der Waals surface area (Å²) in [5, 5.41) is 9.10. The molecular formula is C134H220N4O5. The van der Waals surface area contributed by atoms with Crippen molar-refractivity contribution in [1.82, 2.24) is 18.3 Å². The summed E-state index contributed by atoms with van der Waals surface area (Å²) in [7, 11) is 8.24. The number of furan rings is 1. The molecule has 0 amide bonds. The number of ether oxygens (including phenoxy) is 4. The number of nitrogens with zero attached hydrogens (tertiary/aromatic N) is 4. The lowest BCUT2D eigenvalue weighted by atomic mass is 10.0. The molecule has 14 aromatic rings. The zero-order valence-electron chi connectivity index (χ0n) is 102. The van der Waals surface area contributed by atoms with Crippen LogP contribution >= 0.6 is 0 Å². The Bertz CT molecular complexity index is 4980. The molecule has 9 heteroatoms. The standard InChI is InChI=1S/4C10H11N.C10H12O.3C10H10O.C9H8O.9C3H8.9C2H6/c2*1-8-3-4-9-6-11(2)7-10(9)5-8;2*1-8-3-4-9-5-6-11(2)10(9)7-8;2*1-8-2-3-9-4-5-11-7-10(9)6-8;2*1-8-4-5-9-3-2-6-11-10(9)7-8;1-7-2-3-8-4-5-10-9(8)6-7;9*1-3-2;9*1-2/h4*3-7H,1-2H3;2-3,6H,4-5,7H2,1H3;2-6H,7H2,1H3;2*2,4-7H,3H2,1H3;2-6H,1H3;9*3H2,1-2H3;9*1-2H3. The number of rotatable bonds is 0. The Kier molecular flexibility index (Phi) is 111. The van der Waals surface area contributed by atoms with Gasteiger partial charge in [0, 0.05) is 81.8 Å². The van der Waals surface area contributed by atoms with Crippen molar-refractivity contribution < 1.29 is 23.4 Å². The highest BCUT2D eigenvalue weighted by Gasteiger charge is 2.10. The highest BCUT2D eigenvalue weighted by atomic mass is 16.5. The van der Waals surface area contributed by atoms with Gasteiger partial charge in [0.05, 0.1) is 38.3 Å². The van der Waals surface area contributed by atoms with Gasteiger partial charge in [0.1, 0.15) is 23.7 Å². The first-order valence-corrected chi connectivity index (χ1v) is 55.5. The van der Waals surface area contributed by atoms with Crippen molar-refractivity contribution in [2.45, 2.75) is 402 Å². The topological polar surface area (TPSA) is 69.8 Å². The van der Waals surface area contributed by atoms with Crippen LogP contribution in [0.15, 0.2) is 261 Å². The molecule has 0 saturated heterocycles. The number of hydrogen-bond donors (Lipinski definition) is 0. The minimum Gasteiger partial charge on any atom is -0.496 e. The molecule has 9 nitrogen and oxygen atoms in total. The molecule has 0 saturated carbocycles. The lowest BCUT2D eigenvalue weighted by molar-refractivity contribution is 0.110. The summed E-state index contributed by atoms with van der Waals surface area (Å²) in [6.45, 7) is 95.5. The summed E-state index contributed by atoms with van der Waals surface area (Å²) < 4.78 is 34.8. The number of allylic oxidation sites excluding steroid dienone is 2. The summed E-state index contributed by atoms with van der Waals surface area (Å²) in [4.78, 5) is 0. The van der Waals surface area contributed by atoms with Gasteiger partial charge in [-0.3, -0.25) is 0 Å². The van der Waals surface area contributed by atoms with Gasteiger partial charge in [0.25, 0.3) is 0 Å². The van der Waals surface area contributed by atoms with E-state index in [0.29, 0.717) is 6.61 Å². The average Bonchev–Trinajstić information content (AvgIpc) is 1.70. The van der Waals surface area contributed by atoms with Crippen LogP contribution in [0.1, 0.15) is 390 Å². The third kappa shape index (κ3) is 72.2. The fraction of sp³-hybridized carbons (Fsp3) is 0.478. The van der Waals surface area contributed by atoms with Crippen LogP contribution < -0.4 is 9.47 Å². The first-order chi connectivity index (χ1) is 69.1. The molecule has 0 unspecified atom stereocenters. The van der Waals surface area contributed by atoms with Crippen LogP contribution in [-0.4, -0.2) is 24.9 Å². The van der Waals surface area contributed by atoms with Crippen LogP contribution in [0, 0.1) is 62.3 Å². The van der Waals surface area contributed by atoms with E-state index in [0.717, 1.165) is 49.6 Å². The highest BCUT2D eigenvalue weighted by Crippen LogP contribution is 2.27. The number of aryl methyl sites for hydroxylation is 13. The first-order valence-electron chi connectivity index (χ1n) is 55.5. The number of fused-ring (bicyclic) bond motifs is 9. The Morgan fingerprint density at radius 2 is 0.552 bits per heavy atom. The van der Waals surface area contributed by atoms with Crippen molar-refractivity contribution in [3.8, 4) is 11.5 Å². The Morgan fingerprint density at radius 1 is 0.259 bits per heavy atom. The van der Waals surface area contributed by atoms with Gasteiger partial charge in [0.2, 0.25) is 0 Å². The van der Waals surface area contributed by atoms with Gasteiger partial charge in [-0.25, -0.2) is 0 Å². The second kappa shape index (κ2) is 106. The van der Waals surface area contributed by atoms with Gasteiger partial charge in [-0.2, -0.15) is 0 Å². The third-order valence-corrected chi connectivity index (χ3v) is 17.3. The Morgan fingerprint density at radius 3 is 0.923 bits per heavy atom. The molecule has 0 bridgehead atoms. The molecule has 0 N–H and O–H groups in total. The van der Waals surface area contributed by atoms with Crippen LogP contribution in [0.2, 0.25) is 0 Å². The molecule has 5 aromatic heterocycles. The highest BCUT2D eigenvalue weighted by molar-refractivity contribution is 5.84.